The third kappa shape index (κ3) is 4.63. The van der Waals surface area contributed by atoms with E-state index in [4.69, 9.17) is 6.11 Å². The first kappa shape index (κ1) is 11.6. The smallest absolute Gasteiger partial charge is 0.328 e. The molecule has 5 heteroatoms. The average Bonchev–Trinajstić information content (AvgIpc) is 2.28. The van der Waals surface area contributed by atoms with Crippen molar-refractivity contribution in [2.24, 2.45) is 0 Å². The van der Waals surface area contributed by atoms with Crippen LogP contribution in [0.25, 0.3) is 0 Å². The zero-order valence-electron chi connectivity index (χ0n) is 10.9. The molecule has 1 N–H and O–H groups in total. The highest BCUT2D eigenvalue weighted by Gasteiger charge is 2.20. The molecule has 0 saturated carbocycles. The molecule has 5 nitrogen and oxygen atoms in total. The van der Waals surface area contributed by atoms with Gasteiger partial charge < -0.3 is 10.1 Å². The molecule has 0 aliphatic rings. The van der Waals surface area contributed by atoms with Gasteiger partial charge in [-0.15, -0.1) is 0 Å². The zero-order valence-corrected chi connectivity index (χ0v) is 9.90. The lowest BCUT2D eigenvalue weighted by Gasteiger charge is -2.16. The summed E-state index contributed by atoms with van der Waals surface area (Å²) in [5.74, 6) is -0.774. The Bertz CT molecular complexity index is 437. The largest absolute Gasteiger partial charge is 0.464 e. The third-order valence-corrected chi connectivity index (χ3v) is 2.08. The van der Waals surface area contributed by atoms with Gasteiger partial charge in [-0.25, -0.2) is 4.79 Å². The van der Waals surface area contributed by atoms with Gasteiger partial charge in [0.1, 0.15) is 6.04 Å². The van der Waals surface area contributed by atoms with E-state index in [0.717, 1.165) is 5.56 Å². The van der Waals surface area contributed by atoms with Crippen molar-refractivity contribution in [3.05, 3.63) is 30.1 Å². The van der Waals surface area contributed by atoms with Crippen molar-refractivity contribution in [1.29, 1.82) is 0 Å². The highest BCUT2D eigenvalue weighted by atomic mass is 16.5. The minimum Gasteiger partial charge on any atom is -0.464 e. The summed E-state index contributed by atoms with van der Waals surface area (Å²) >= 11 is 0. The second-order valence-electron chi connectivity index (χ2n) is 3.50. The van der Waals surface area contributed by atoms with E-state index < -0.39 is 12.0 Å². The van der Waals surface area contributed by atoms with E-state index in [0.29, 0.717) is 0 Å². The maximum Gasteiger partial charge on any atom is 0.328 e. The van der Waals surface area contributed by atoms with Gasteiger partial charge in [0.2, 0.25) is 5.91 Å². The van der Waals surface area contributed by atoms with E-state index in [1.807, 2.05) is 0 Å². The summed E-state index contributed by atoms with van der Waals surface area (Å²) in [6, 6.07) is 2.52. The molecule has 0 aliphatic heterocycles. The minimum atomic E-state index is -0.732. The Hall–Kier alpha value is -1.91. The van der Waals surface area contributed by atoms with Crippen molar-refractivity contribution in [2.75, 3.05) is 6.61 Å². The number of hydrogen-bond donors (Lipinski definition) is 1. The molecular weight excluding hydrogens is 220 g/mol. The second kappa shape index (κ2) is 6.62. The van der Waals surface area contributed by atoms with Crippen molar-refractivity contribution in [3.63, 3.8) is 0 Å². The highest BCUT2D eigenvalue weighted by molar-refractivity contribution is 5.83. The molecule has 1 aromatic rings. The quantitative estimate of drug-likeness (QED) is 0.765. The molecular formula is C12H16N2O3. The van der Waals surface area contributed by atoms with Crippen LogP contribution in [-0.4, -0.2) is 29.5 Å². The summed E-state index contributed by atoms with van der Waals surface area (Å²) in [4.78, 5) is 26.5. The molecule has 92 valence electrons. The fourth-order valence-corrected chi connectivity index (χ4v) is 1.39. The lowest BCUT2D eigenvalue weighted by Crippen LogP contribution is -2.42. The van der Waals surface area contributed by atoms with Gasteiger partial charge >= 0.3 is 5.97 Å². The van der Waals surface area contributed by atoms with Crippen LogP contribution in [0.2, 0.25) is 0 Å². The molecule has 0 fully saturated rings. The van der Waals surface area contributed by atoms with Crippen molar-refractivity contribution in [1.82, 2.24) is 10.3 Å². The SMILES string of the molecule is [2H]c1cc(C[C@H](NC(C)=O)C(=O)OCC)ccn1. The third-order valence-electron chi connectivity index (χ3n) is 2.08. The summed E-state index contributed by atoms with van der Waals surface area (Å²) in [5.41, 5.74) is 0.752. The van der Waals surface area contributed by atoms with Crippen LogP contribution < -0.4 is 5.32 Å². The van der Waals surface area contributed by atoms with Crippen LogP contribution in [0.1, 0.15) is 20.8 Å². The first-order valence-electron chi connectivity index (χ1n) is 5.88. The van der Waals surface area contributed by atoms with E-state index in [-0.39, 0.29) is 25.1 Å². The Morgan fingerprint density at radius 2 is 2.35 bits per heavy atom. The normalized spacial score (nSPS) is 12.5. The van der Waals surface area contributed by atoms with Gasteiger partial charge in [-0.1, -0.05) is 0 Å². The lowest BCUT2D eigenvalue weighted by atomic mass is 10.1. The number of carbonyl (C=O) groups excluding carboxylic acids is 2. The molecule has 1 amide bonds. The Balaban J connectivity index is 2.77. The van der Waals surface area contributed by atoms with Crippen LogP contribution in [-0.2, 0) is 20.7 Å². The number of esters is 1. The lowest BCUT2D eigenvalue weighted by molar-refractivity contribution is -0.147. The van der Waals surface area contributed by atoms with Gasteiger partial charge in [-0.05, 0) is 24.6 Å². The van der Waals surface area contributed by atoms with E-state index in [1.165, 1.54) is 13.1 Å². The molecule has 0 unspecified atom stereocenters. The summed E-state index contributed by atoms with van der Waals surface area (Å²) in [6.07, 6.45) is 1.90. The van der Waals surface area contributed by atoms with Gasteiger partial charge in [0, 0.05) is 25.7 Å². The van der Waals surface area contributed by atoms with Gasteiger partial charge in [-0.2, -0.15) is 0 Å². The maximum absolute atomic E-state index is 11.7. The number of pyridine rings is 1. The molecule has 1 rings (SSSR count). The van der Waals surface area contributed by atoms with Crippen molar-refractivity contribution < 1.29 is 15.7 Å². The molecule has 0 radical (unpaired) electrons. The maximum atomic E-state index is 11.7. The molecule has 1 atom stereocenters. The van der Waals surface area contributed by atoms with Crippen molar-refractivity contribution >= 4 is 11.9 Å². The number of hydrogen-bond acceptors (Lipinski definition) is 4. The van der Waals surface area contributed by atoms with E-state index in [9.17, 15) is 9.59 Å². The van der Waals surface area contributed by atoms with Gasteiger partial charge in [0.25, 0.3) is 0 Å². The zero-order chi connectivity index (χ0) is 13.5. The van der Waals surface area contributed by atoms with Crippen LogP contribution in [0, 0.1) is 0 Å². The fourth-order valence-electron chi connectivity index (χ4n) is 1.39. The van der Waals surface area contributed by atoms with Gasteiger partial charge in [0.15, 0.2) is 0 Å². The number of ether oxygens (including phenoxy) is 1. The topological polar surface area (TPSA) is 68.3 Å². The van der Waals surface area contributed by atoms with E-state index in [2.05, 4.69) is 10.3 Å². The Morgan fingerprint density at radius 3 is 2.94 bits per heavy atom. The second-order valence-corrected chi connectivity index (χ2v) is 3.50. The van der Waals surface area contributed by atoms with Crippen LogP contribution in [0.5, 0.6) is 0 Å². The number of rotatable bonds is 5. The highest BCUT2D eigenvalue weighted by Crippen LogP contribution is 2.03. The minimum absolute atomic E-state index is 0.123. The predicted molar refractivity (Wildman–Crippen MR) is 62.2 cm³/mol. The molecule has 0 bridgehead atoms. The standard InChI is InChI=1S/C12H16N2O3/c1-3-17-12(16)11(14-9(2)15)8-10-4-6-13-7-5-10/h4-7,11H,3,8H2,1-2H3,(H,14,15)/t11-/m0/s1/i6D. The Kier molecular flexibility index (Phi) is 4.51. The number of amides is 1. The number of nitrogens with one attached hydrogen (secondary N) is 1. The fraction of sp³-hybridized carbons (Fsp3) is 0.417. The van der Waals surface area contributed by atoms with E-state index >= 15 is 0 Å². The van der Waals surface area contributed by atoms with Crippen LogP contribution in [0.15, 0.2) is 24.5 Å². The van der Waals surface area contributed by atoms with Crippen LogP contribution >= 0.6 is 0 Å². The molecule has 0 aliphatic carbocycles. The van der Waals surface area contributed by atoms with Gasteiger partial charge in [0.05, 0.1) is 7.98 Å². The molecule has 0 saturated heterocycles. The summed E-state index contributed by atoms with van der Waals surface area (Å²) in [6.45, 7) is 3.31. The number of carbonyl (C=O) groups is 2. The summed E-state index contributed by atoms with van der Waals surface area (Å²) in [5, 5.41) is 2.54. The number of nitrogens with zero attached hydrogens (tertiary/aromatic N) is 1. The molecule has 1 aromatic heterocycles. The van der Waals surface area contributed by atoms with E-state index in [1.54, 1.807) is 19.1 Å². The molecule has 17 heavy (non-hydrogen) atoms. The molecule has 1 heterocycles. The Labute approximate surface area is 102 Å². The van der Waals surface area contributed by atoms with Crippen LogP contribution in [0.4, 0.5) is 0 Å². The Morgan fingerprint density at radius 1 is 1.59 bits per heavy atom. The van der Waals surface area contributed by atoms with Crippen molar-refractivity contribution in [2.45, 2.75) is 26.3 Å². The van der Waals surface area contributed by atoms with Crippen molar-refractivity contribution in [3.8, 4) is 0 Å². The van der Waals surface area contributed by atoms with Crippen LogP contribution in [0.3, 0.4) is 0 Å². The first-order valence-corrected chi connectivity index (χ1v) is 5.38. The van der Waals surface area contributed by atoms with Gasteiger partial charge in [-0.3, -0.25) is 9.78 Å². The monoisotopic (exact) mass is 237 g/mol. The first-order chi connectivity index (χ1) is 8.52. The molecule has 0 spiro atoms. The average molecular weight is 237 g/mol. The molecule has 0 aromatic carbocycles. The number of aromatic nitrogens is 1. The predicted octanol–water partition coefficient (Wildman–Crippen LogP) is 0.692. The summed E-state index contributed by atoms with van der Waals surface area (Å²) in [7, 11) is 0. The summed E-state index contributed by atoms with van der Waals surface area (Å²) < 4.78 is 12.3.